The van der Waals surface area contributed by atoms with Crippen molar-refractivity contribution < 1.29 is 24.2 Å². The maximum atomic E-state index is 13.6. The van der Waals surface area contributed by atoms with Crippen molar-refractivity contribution in [3.05, 3.63) is 94.1 Å². The molecule has 0 aromatic heterocycles. The summed E-state index contributed by atoms with van der Waals surface area (Å²) in [6, 6.07) is 18.4. The zero-order valence-corrected chi connectivity index (χ0v) is 24.3. The largest absolute Gasteiger partial charge is 0.507 e. The van der Waals surface area contributed by atoms with Crippen molar-refractivity contribution in [3.63, 3.8) is 0 Å². The van der Waals surface area contributed by atoms with Crippen LogP contribution in [0.3, 0.4) is 0 Å². The van der Waals surface area contributed by atoms with Crippen LogP contribution >= 0.6 is 0 Å². The predicted octanol–water partition coefficient (Wildman–Crippen LogP) is 5.87. The Morgan fingerprint density at radius 3 is 2.17 bits per heavy atom. The number of carbonyl (C=O) groups is 2. The molecule has 7 nitrogen and oxygen atoms in total. The van der Waals surface area contributed by atoms with Gasteiger partial charge in [0.25, 0.3) is 11.7 Å². The van der Waals surface area contributed by atoms with Gasteiger partial charge < -0.3 is 24.4 Å². The third kappa shape index (κ3) is 5.55. The Morgan fingerprint density at radius 2 is 1.62 bits per heavy atom. The third-order valence-electron chi connectivity index (χ3n) is 7.52. The Hall–Kier alpha value is -4.26. The molecule has 3 aromatic rings. The average molecular weight is 543 g/mol. The summed E-state index contributed by atoms with van der Waals surface area (Å²) in [4.78, 5) is 30.6. The van der Waals surface area contributed by atoms with Crippen LogP contribution in [-0.2, 0) is 16.0 Å². The minimum Gasteiger partial charge on any atom is -0.507 e. The number of ketones is 1. The van der Waals surface area contributed by atoms with Crippen LogP contribution in [0.4, 0.5) is 5.69 Å². The van der Waals surface area contributed by atoms with Crippen LogP contribution in [0.1, 0.15) is 53.6 Å². The quantitative estimate of drug-likeness (QED) is 0.207. The minimum absolute atomic E-state index is 0.0975. The Bertz CT molecular complexity index is 1420. The van der Waals surface area contributed by atoms with E-state index in [-0.39, 0.29) is 17.3 Å². The van der Waals surface area contributed by atoms with E-state index in [2.05, 4.69) is 0 Å². The van der Waals surface area contributed by atoms with E-state index in [1.165, 1.54) is 0 Å². The summed E-state index contributed by atoms with van der Waals surface area (Å²) in [5.41, 5.74) is 5.05. The summed E-state index contributed by atoms with van der Waals surface area (Å²) in [7, 11) is 7.14. The first kappa shape index (κ1) is 28.7. The van der Waals surface area contributed by atoms with Crippen LogP contribution in [-0.4, -0.2) is 56.6 Å². The van der Waals surface area contributed by atoms with Crippen molar-refractivity contribution in [2.75, 3.05) is 39.8 Å². The molecule has 1 atom stereocenters. The summed E-state index contributed by atoms with van der Waals surface area (Å²) < 4.78 is 10.8. The van der Waals surface area contributed by atoms with Gasteiger partial charge in [0, 0.05) is 31.9 Å². The van der Waals surface area contributed by atoms with E-state index in [0.29, 0.717) is 18.5 Å². The fraction of sp³-hybridized carbons (Fsp3) is 0.333. The lowest BCUT2D eigenvalue weighted by atomic mass is 9.91. The number of carbonyl (C=O) groups excluding carboxylic acids is 2. The highest BCUT2D eigenvalue weighted by Crippen LogP contribution is 2.41. The normalized spacial score (nSPS) is 16.5. The van der Waals surface area contributed by atoms with Crippen LogP contribution in [0, 0.1) is 6.92 Å². The molecule has 1 aliphatic rings. The van der Waals surface area contributed by atoms with E-state index in [1.807, 2.05) is 100 Å². The fourth-order valence-corrected chi connectivity index (χ4v) is 5.18. The van der Waals surface area contributed by atoms with Crippen molar-refractivity contribution in [1.82, 2.24) is 4.90 Å². The van der Waals surface area contributed by atoms with Gasteiger partial charge in [-0.1, -0.05) is 38.1 Å². The molecule has 1 amide bonds. The molecule has 0 radical (unpaired) electrons. The number of Topliss-reactive ketones (excluding diaryl/α,β-unsaturated/α-hetero) is 1. The highest BCUT2D eigenvalue weighted by atomic mass is 16.5. The molecule has 1 aliphatic heterocycles. The minimum atomic E-state index is -0.724. The molecule has 0 saturated carbocycles. The van der Waals surface area contributed by atoms with Gasteiger partial charge >= 0.3 is 0 Å². The number of hydrogen-bond donors (Lipinski definition) is 1. The zero-order valence-electron chi connectivity index (χ0n) is 24.3. The van der Waals surface area contributed by atoms with Gasteiger partial charge in [-0.05, 0) is 77.9 Å². The van der Waals surface area contributed by atoms with Crippen LogP contribution in [0.5, 0.6) is 11.5 Å². The summed E-state index contributed by atoms with van der Waals surface area (Å²) in [5, 5.41) is 11.7. The van der Waals surface area contributed by atoms with Gasteiger partial charge in [0.05, 0.1) is 25.8 Å². The van der Waals surface area contributed by atoms with Crippen LogP contribution in [0.25, 0.3) is 5.76 Å². The van der Waals surface area contributed by atoms with E-state index >= 15 is 0 Å². The number of ether oxygens (including phenoxy) is 2. The molecule has 1 N–H and O–H groups in total. The van der Waals surface area contributed by atoms with Gasteiger partial charge in [-0.3, -0.25) is 9.59 Å². The van der Waals surface area contributed by atoms with Crippen molar-refractivity contribution >= 4 is 23.1 Å². The molecule has 0 bridgehead atoms. The van der Waals surface area contributed by atoms with Crippen molar-refractivity contribution in [2.24, 2.45) is 0 Å². The van der Waals surface area contributed by atoms with Crippen LogP contribution < -0.4 is 14.4 Å². The molecular weight excluding hydrogens is 504 g/mol. The number of hydrogen-bond acceptors (Lipinski definition) is 6. The highest BCUT2D eigenvalue weighted by Gasteiger charge is 2.46. The fourth-order valence-electron chi connectivity index (χ4n) is 5.18. The molecule has 0 aliphatic carbocycles. The number of anilines is 1. The third-order valence-corrected chi connectivity index (χ3v) is 7.52. The van der Waals surface area contributed by atoms with Crippen molar-refractivity contribution in [3.8, 4) is 11.5 Å². The highest BCUT2D eigenvalue weighted by molar-refractivity contribution is 6.46. The number of aryl methyl sites for hydroxylation is 1. The van der Waals surface area contributed by atoms with E-state index in [9.17, 15) is 14.7 Å². The smallest absolute Gasteiger partial charge is 0.295 e. The molecular formula is C33H38N2O5. The molecule has 1 fully saturated rings. The molecule has 7 heteroatoms. The standard InChI is InChI=1S/C33H38N2O5/c1-20(2)26-19-27(21(3)18-28(26)40-7)31(36)29-30(23-10-12-24(13-11-23)34(4)5)35(33(38)32(29)37)17-16-22-8-14-25(39-6)15-9-22/h8-15,18-20,30,36H,16-17H2,1-7H3/b31-29+. The number of methoxy groups -OCH3 is 2. The topological polar surface area (TPSA) is 79.3 Å². The molecule has 1 heterocycles. The number of rotatable bonds is 9. The average Bonchev–Trinajstić information content (AvgIpc) is 3.20. The number of aliphatic hydroxyl groups is 1. The molecule has 1 unspecified atom stereocenters. The second kappa shape index (κ2) is 11.9. The van der Waals surface area contributed by atoms with Gasteiger partial charge in [0.1, 0.15) is 17.3 Å². The monoisotopic (exact) mass is 542 g/mol. The SMILES string of the molecule is COc1ccc(CCN2C(=O)C(=O)/C(=C(/O)c3cc(C(C)C)c(OC)cc3C)C2c2ccc(N(C)C)cc2)cc1. The Morgan fingerprint density at radius 1 is 0.975 bits per heavy atom. The Balaban J connectivity index is 1.83. The summed E-state index contributed by atoms with van der Waals surface area (Å²) in [6.45, 7) is 6.26. The maximum Gasteiger partial charge on any atom is 0.295 e. The van der Waals surface area contributed by atoms with Crippen molar-refractivity contribution in [2.45, 2.75) is 39.2 Å². The molecule has 1 saturated heterocycles. The second-order valence-electron chi connectivity index (χ2n) is 10.6. The molecule has 3 aromatic carbocycles. The molecule has 40 heavy (non-hydrogen) atoms. The Kier molecular flexibility index (Phi) is 8.52. The summed E-state index contributed by atoms with van der Waals surface area (Å²) in [5.74, 6) is 0.125. The molecule has 4 rings (SSSR count). The van der Waals surface area contributed by atoms with Crippen LogP contribution in [0.2, 0.25) is 0 Å². The number of nitrogens with zero attached hydrogens (tertiary/aromatic N) is 2. The van der Waals surface area contributed by atoms with Gasteiger partial charge in [0.15, 0.2) is 0 Å². The lowest BCUT2D eigenvalue weighted by molar-refractivity contribution is -0.139. The van der Waals surface area contributed by atoms with E-state index in [0.717, 1.165) is 39.4 Å². The first-order valence-corrected chi connectivity index (χ1v) is 13.4. The number of aliphatic hydroxyl groups excluding tert-OH is 1. The van der Waals surface area contributed by atoms with Gasteiger partial charge in [-0.2, -0.15) is 0 Å². The first-order valence-electron chi connectivity index (χ1n) is 13.4. The summed E-state index contributed by atoms with van der Waals surface area (Å²) in [6.07, 6.45) is 0.544. The van der Waals surface area contributed by atoms with Gasteiger partial charge in [-0.15, -0.1) is 0 Å². The second-order valence-corrected chi connectivity index (χ2v) is 10.6. The predicted molar refractivity (Wildman–Crippen MR) is 158 cm³/mol. The van der Waals surface area contributed by atoms with E-state index < -0.39 is 17.7 Å². The zero-order chi connectivity index (χ0) is 29.1. The first-order chi connectivity index (χ1) is 19.1. The molecule has 0 spiro atoms. The van der Waals surface area contributed by atoms with Crippen LogP contribution in [0.15, 0.2) is 66.2 Å². The van der Waals surface area contributed by atoms with E-state index in [4.69, 9.17) is 9.47 Å². The lowest BCUT2D eigenvalue weighted by Crippen LogP contribution is -2.31. The summed E-state index contributed by atoms with van der Waals surface area (Å²) >= 11 is 0. The van der Waals surface area contributed by atoms with E-state index in [1.54, 1.807) is 19.1 Å². The number of amides is 1. The van der Waals surface area contributed by atoms with Crippen molar-refractivity contribution in [1.29, 1.82) is 0 Å². The molecule has 210 valence electrons. The number of likely N-dealkylation sites (tertiary alicyclic amines) is 1. The number of benzene rings is 3. The maximum absolute atomic E-state index is 13.6. The van der Waals surface area contributed by atoms with Gasteiger partial charge in [0.2, 0.25) is 0 Å². The van der Waals surface area contributed by atoms with Gasteiger partial charge in [-0.25, -0.2) is 0 Å². The lowest BCUT2D eigenvalue weighted by Gasteiger charge is -2.26. The Labute approximate surface area is 236 Å².